The minimum atomic E-state index is -4.68. The Hall–Kier alpha value is -1.43. The lowest BCUT2D eigenvalue weighted by atomic mass is 10.0. The minimum absolute atomic E-state index is 0.253. The first kappa shape index (κ1) is 17.6. The van der Waals surface area contributed by atoms with Crippen molar-refractivity contribution in [1.29, 1.82) is 0 Å². The zero-order valence-corrected chi connectivity index (χ0v) is 12.6. The molecule has 0 aromatic heterocycles. The summed E-state index contributed by atoms with van der Waals surface area (Å²) in [5.74, 6) is 0.268. The van der Waals surface area contributed by atoms with Crippen LogP contribution in [0.1, 0.15) is 33.6 Å². The highest BCUT2D eigenvalue weighted by atomic mass is 19.4. The van der Waals surface area contributed by atoms with Crippen LogP contribution < -0.4 is 14.8 Å². The molecule has 1 rings (SSSR count). The van der Waals surface area contributed by atoms with Gasteiger partial charge in [0.2, 0.25) is 0 Å². The molecule has 0 heterocycles. The Bertz CT molecular complexity index is 420. The van der Waals surface area contributed by atoms with E-state index in [4.69, 9.17) is 4.74 Å². The SMILES string of the molecule is CCCNCC(C)(CC)Oc1ccc(OC(F)(F)F)cc1. The van der Waals surface area contributed by atoms with Crippen molar-refractivity contribution in [3.05, 3.63) is 24.3 Å². The van der Waals surface area contributed by atoms with Crippen molar-refractivity contribution < 1.29 is 22.6 Å². The van der Waals surface area contributed by atoms with Gasteiger partial charge in [-0.15, -0.1) is 13.2 Å². The van der Waals surface area contributed by atoms with Gasteiger partial charge in [-0.2, -0.15) is 0 Å². The minimum Gasteiger partial charge on any atom is -0.486 e. The summed E-state index contributed by atoms with van der Waals surface area (Å²) >= 11 is 0. The van der Waals surface area contributed by atoms with Crippen LogP contribution in [0.4, 0.5) is 13.2 Å². The molecule has 3 nitrogen and oxygen atoms in total. The van der Waals surface area contributed by atoms with Gasteiger partial charge >= 0.3 is 6.36 Å². The maximum Gasteiger partial charge on any atom is 0.573 e. The molecule has 0 aliphatic heterocycles. The maximum absolute atomic E-state index is 12.1. The molecule has 0 aliphatic rings. The predicted octanol–water partition coefficient (Wildman–Crippen LogP) is 4.13. The summed E-state index contributed by atoms with van der Waals surface area (Å²) in [4.78, 5) is 0. The fourth-order valence-corrected chi connectivity index (χ4v) is 1.76. The van der Waals surface area contributed by atoms with E-state index in [9.17, 15) is 13.2 Å². The largest absolute Gasteiger partial charge is 0.573 e. The van der Waals surface area contributed by atoms with Gasteiger partial charge in [0.05, 0.1) is 0 Å². The Morgan fingerprint density at radius 1 is 1.00 bits per heavy atom. The Labute approximate surface area is 123 Å². The molecule has 0 amide bonds. The molecule has 120 valence electrons. The van der Waals surface area contributed by atoms with E-state index in [0.717, 1.165) is 19.4 Å². The molecular weight excluding hydrogens is 283 g/mol. The molecule has 1 unspecified atom stereocenters. The Morgan fingerprint density at radius 2 is 1.52 bits per heavy atom. The molecule has 0 saturated carbocycles. The van der Waals surface area contributed by atoms with E-state index in [2.05, 4.69) is 17.0 Å². The average molecular weight is 305 g/mol. The zero-order chi connectivity index (χ0) is 15.9. The summed E-state index contributed by atoms with van der Waals surface area (Å²) < 4.78 is 45.9. The number of hydrogen-bond donors (Lipinski definition) is 1. The van der Waals surface area contributed by atoms with Crippen molar-refractivity contribution in [3.63, 3.8) is 0 Å². The van der Waals surface area contributed by atoms with E-state index >= 15 is 0 Å². The van der Waals surface area contributed by atoms with E-state index in [1.807, 2.05) is 13.8 Å². The molecule has 1 atom stereocenters. The molecule has 0 saturated heterocycles. The second-order valence-corrected chi connectivity index (χ2v) is 5.10. The van der Waals surface area contributed by atoms with Gasteiger partial charge in [-0.1, -0.05) is 13.8 Å². The Morgan fingerprint density at radius 3 is 1.95 bits per heavy atom. The quantitative estimate of drug-likeness (QED) is 0.732. The first-order valence-electron chi connectivity index (χ1n) is 7.03. The van der Waals surface area contributed by atoms with Crippen molar-refractivity contribution in [2.24, 2.45) is 0 Å². The predicted molar refractivity (Wildman–Crippen MR) is 75.6 cm³/mol. The van der Waals surface area contributed by atoms with Crippen LogP contribution in [0.15, 0.2) is 24.3 Å². The van der Waals surface area contributed by atoms with Crippen LogP contribution in [-0.2, 0) is 0 Å². The van der Waals surface area contributed by atoms with Crippen LogP contribution >= 0.6 is 0 Å². The zero-order valence-electron chi connectivity index (χ0n) is 12.6. The number of benzene rings is 1. The Kier molecular flexibility index (Phi) is 6.33. The van der Waals surface area contributed by atoms with Crippen LogP contribution in [0.5, 0.6) is 11.5 Å². The van der Waals surface area contributed by atoms with Gasteiger partial charge in [0.25, 0.3) is 0 Å². The number of alkyl halides is 3. The average Bonchev–Trinajstić information content (AvgIpc) is 2.40. The monoisotopic (exact) mass is 305 g/mol. The molecule has 21 heavy (non-hydrogen) atoms. The molecular formula is C15H22F3NO2. The second-order valence-electron chi connectivity index (χ2n) is 5.10. The fraction of sp³-hybridized carbons (Fsp3) is 0.600. The lowest BCUT2D eigenvalue weighted by Crippen LogP contribution is -2.42. The van der Waals surface area contributed by atoms with E-state index in [-0.39, 0.29) is 5.75 Å². The summed E-state index contributed by atoms with van der Waals surface area (Å²) in [6, 6.07) is 5.46. The molecule has 1 aromatic carbocycles. The first-order valence-corrected chi connectivity index (χ1v) is 7.03. The third-order valence-corrected chi connectivity index (χ3v) is 3.10. The summed E-state index contributed by atoms with van der Waals surface area (Å²) in [6.07, 6.45) is -2.86. The highest BCUT2D eigenvalue weighted by molar-refractivity contribution is 5.31. The Balaban J connectivity index is 2.64. The van der Waals surface area contributed by atoms with Gasteiger partial charge in [0, 0.05) is 6.54 Å². The van der Waals surface area contributed by atoms with E-state index < -0.39 is 12.0 Å². The van der Waals surface area contributed by atoms with Crippen molar-refractivity contribution in [2.45, 2.75) is 45.6 Å². The standard InChI is InChI=1S/C15H22F3NO2/c1-4-10-19-11-14(3,5-2)20-12-6-8-13(9-7-12)21-15(16,17)18/h6-9,19H,4-5,10-11H2,1-3H3. The summed E-state index contributed by atoms with van der Waals surface area (Å²) in [6.45, 7) is 7.64. The van der Waals surface area contributed by atoms with Gasteiger partial charge in [-0.25, -0.2) is 0 Å². The molecule has 1 N–H and O–H groups in total. The van der Waals surface area contributed by atoms with E-state index in [1.54, 1.807) is 0 Å². The summed E-state index contributed by atoms with van der Waals surface area (Å²) in [7, 11) is 0. The van der Waals surface area contributed by atoms with Crippen molar-refractivity contribution in [3.8, 4) is 11.5 Å². The van der Waals surface area contributed by atoms with Gasteiger partial charge in [0.15, 0.2) is 0 Å². The summed E-state index contributed by atoms with van der Waals surface area (Å²) in [5, 5.41) is 3.29. The van der Waals surface area contributed by atoms with Crippen molar-refractivity contribution in [1.82, 2.24) is 5.32 Å². The normalized spacial score (nSPS) is 14.6. The lowest BCUT2D eigenvalue weighted by molar-refractivity contribution is -0.274. The lowest BCUT2D eigenvalue weighted by Gasteiger charge is -2.30. The van der Waals surface area contributed by atoms with Gasteiger partial charge in [-0.05, 0) is 50.6 Å². The first-order chi connectivity index (χ1) is 9.78. The molecule has 0 fully saturated rings. The fourth-order valence-electron chi connectivity index (χ4n) is 1.76. The van der Waals surface area contributed by atoms with E-state index in [0.29, 0.717) is 12.3 Å². The van der Waals surface area contributed by atoms with Crippen LogP contribution in [0.3, 0.4) is 0 Å². The van der Waals surface area contributed by atoms with Crippen molar-refractivity contribution >= 4 is 0 Å². The smallest absolute Gasteiger partial charge is 0.486 e. The number of halogens is 3. The van der Waals surface area contributed by atoms with Crippen molar-refractivity contribution in [2.75, 3.05) is 13.1 Å². The van der Waals surface area contributed by atoms with Crippen LogP contribution in [-0.4, -0.2) is 25.1 Å². The second kappa shape index (κ2) is 7.54. The number of nitrogens with one attached hydrogen (secondary N) is 1. The van der Waals surface area contributed by atoms with Gasteiger partial charge in [0.1, 0.15) is 17.1 Å². The van der Waals surface area contributed by atoms with Crippen LogP contribution in [0.2, 0.25) is 0 Å². The topological polar surface area (TPSA) is 30.5 Å². The van der Waals surface area contributed by atoms with Crippen LogP contribution in [0, 0.1) is 0 Å². The van der Waals surface area contributed by atoms with E-state index in [1.165, 1.54) is 24.3 Å². The highest BCUT2D eigenvalue weighted by Crippen LogP contribution is 2.27. The number of rotatable bonds is 8. The van der Waals surface area contributed by atoms with Gasteiger partial charge < -0.3 is 14.8 Å². The number of hydrogen-bond acceptors (Lipinski definition) is 3. The third-order valence-electron chi connectivity index (χ3n) is 3.10. The molecule has 0 aliphatic carbocycles. The highest BCUT2D eigenvalue weighted by Gasteiger charge is 2.31. The van der Waals surface area contributed by atoms with Crippen LogP contribution in [0.25, 0.3) is 0 Å². The maximum atomic E-state index is 12.1. The number of ether oxygens (including phenoxy) is 2. The summed E-state index contributed by atoms with van der Waals surface area (Å²) in [5.41, 5.74) is -0.401. The molecule has 0 bridgehead atoms. The molecule has 0 spiro atoms. The molecule has 6 heteroatoms. The molecule has 0 radical (unpaired) electrons. The van der Waals surface area contributed by atoms with Gasteiger partial charge in [-0.3, -0.25) is 0 Å². The third kappa shape index (κ3) is 6.71. The molecule has 1 aromatic rings.